The first-order valence-corrected chi connectivity index (χ1v) is 9.23. The van der Waals surface area contributed by atoms with Crippen molar-refractivity contribution in [3.8, 4) is 0 Å². The number of carbonyl (C=O) groups excluding carboxylic acids is 2. The summed E-state index contributed by atoms with van der Waals surface area (Å²) in [6, 6.07) is 15.7. The third-order valence-electron chi connectivity index (χ3n) is 3.75. The monoisotopic (exact) mass is 443 g/mol. The molecule has 0 radical (unpaired) electrons. The summed E-state index contributed by atoms with van der Waals surface area (Å²) in [5.74, 6) is -0.493. The van der Waals surface area contributed by atoms with Crippen LogP contribution in [0.2, 0.25) is 5.02 Å². The standard InChI is InChI=1S/C20H15BrClN3O2/c21-15-4-5-18(22)17(11-15)20(27)24-12-13-2-1-3-16(10-13)25-19(26)14-6-8-23-9-7-14/h1-11H,12H2,(H,24,27)(H,25,26). The molecule has 1 heterocycles. The fraction of sp³-hybridized carbons (Fsp3) is 0.0500. The molecule has 0 saturated heterocycles. The highest BCUT2D eigenvalue weighted by Gasteiger charge is 2.11. The summed E-state index contributed by atoms with van der Waals surface area (Å²) in [6.45, 7) is 0.306. The summed E-state index contributed by atoms with van der Waals surface area (Å²) in [7, 11) is 0. The number of hydrogen-bond donors (Lipinski definition) is 2. The van der Waals surface area contributed by atoms with Crippen molar-refractivity contribution in [1.82, 2.24) is 10.3 Å². The number of anilines is 1. The highest BCUT2D eigenvalue weighted by molar-refractivity contribution is 9.10. The Kier molecular flexibility index (Phi) is 6.21. The quantitative estimate of drug-likeness (QED) is 0.600. The molecule has 1 aromatic heterocycles. The van der Waals surface area contributed by atoms with Gasteiger partial charge in [-0.1, -0.05) is 39.7 Å². The number of amides is 2. The number of pyridine rings is 1. The molecule has 0 aliphatic carbocycles. The fourth-order valence-electron chi connectivity index (χ4n) is 2.41. The minimum absolute atomic E-state index is 0.223. The summed E-state index contributed by atoms with van der Waals surface area (Å²) >= 11 is 9.41. The van der Waals surface area contributed by atoms with Crippen LogP contribution < -0.4 is 10.6 Å². The van der Waals surface area contributed by atoms with Gasteiger partial charge in [0.1, 0.15) is 0 Å². The van der Waals surface area contributed by atoms with Crippen LogP contribution in [0.25, 0.3) is 0 Å². The molecule has 7 heteroatoms. The maximum atomic E-state index is 12.3. The minimum Gasteiger partial charge on any atom is -0.348 e. The third kappa shape index (κ3) is 5.15. The van der Waals surface area contributed by atoms with Gasteiger partial charge in [0.05, 0.1) is 10.6 Å². The minimum atomic E-state index is -0.271. The van der Waals surface area contributed by atoms with Gasteiger partial charge >= 0.3 is 0 Å². The van der Waals surface area contributed by atoms with Crippen molar-refractivity contribution in [3.63, 3.8) is 0 Å². The Balaban J connectivity index is 1.65. The molecule has 3 aromatic rings. The van der Waals surface area contributed by atoms with Gasteiger partial charge in [-0.2, -0.15) is 0 Å². The molecule has 136 valence electrons. The second-order valence-corrected chi connectivity index (χ2v) is 7.02. The molecule has 0 saturated carbocycles. The number of benzene rings is 2. The normalized spacial score (nSPS) is 10.3. The van der Waals surface area contributed by atoms with Gasteiger partial charge in [-0.15, -0.1) is 0 Å². The van der Waals surface area contributed by atoms with E-state index in [1.807, 2.05) is 18.2 Å². The maximum Gasteiger partial charge on any atom is 0.255 e. The highest BCUT2D eigenvalue weighted by Crippen LogP contribution is 2.21. The summed E-state index contributed by atoms with van der Waals surface area (Å²) in [4.78, 5) is 28.5. The molecule has 0 aliphatic heterocycles. The molecule has 0 aliphatic rings. The van der Waals surface area contributed by atoms with E-state index < -0.39 is 0 Å². The molecule has 27 heavy (non-hydrogen) atoms. The van der Waals surface area contributed by atoms with Gasteiger partial charge in [0.2, 0.25) is 0 Å². The zero-order valence-corrected chi connectivity index (χ0v) is 16.4. The number of hydrogen-bond acceptors (Lipinski definition) is 3. The van der Waals surface area contributed by atoms with Crippen LogP contribution in [0.3, 0.4) is 0 Å². The smallest absolute Gasteiger partial charge is 0.255 e. The van der Waals surface area contributed by atoms with E-state index in [0.29, 0.717) is 28.4 Å². The van der Waals surface area contributed by atoms with Gasteiger partial charge in [0, 0.05) is 34.7 Å². The average Bonchev–Trinajstić information content (AvgIpc) is 2.69. The predicted molar refractivity (Wildman–Crippen MR) is 109 cm³/mol. The van der Waals surface area contributed by atoms with Crippen LogP contribution in [0.5, 0.6) is 0 Å². The van der Waals surface area contributed by atoms with E-state index in [4.69, 9.17) is 11.6 Å². The zero-order chi connectivity index (χ0) is 19.2. The van der Waals surface area contributed by atoms with Gasteiger partial charge < -0.3 is 10.6 Å². The lowest BCUT2D eigenvalue weighted by molar-refractivity contribution is 0.0950. The van der Waals surface area contributed by atoms with Crippen molar-refractivity contribution in [2.75, 3.05) is 5.32 Å². The van der Waals surface area contributed by atoms with Crippen LogP contribution in [0, 0.1) is 0 Å². The van der Waals surface area contributed by atoms with Crippen LogP contribution in [0.15, 0.2) is 71.5 Å². The lowest BCUT2D eigenvalue weighted by Crippen LogP contribution is -2.23. The number of carbonyl (C=O) groups is 2. The molecular formula is C20H15BrClN3O2. The SMILES string of the molecule is O=C(Nc1cccc(CNC(=O)c2cc(Br)ccc2Cl)c1)c1ccncc1. The summed E-state index contributed by atoms with van der Waals surface area (Å²) in [5.41, 5.74) is 2.41. The second kappa shape index (κ2) is 8.79. The Bertz CT molecular complexity index is 980. The Morgan fingerprint density at radius 3 is 2.56 bits per heavy atom. The van der Waals surface area contributed by atoms with E-state index in [9.17, 15) is 9.59 Å². The van der Waals surface area contributed by atoms with Gasteiger partial charge in [-0.05, 0) is 48.0 Å². The zero-order valence-electron chi connectivity index (χ0n) is 14.1. The first-order valence-electron chi connectivity index (χ1n) is 8.06. The molecule has 0 unspecified atom stereocenters. The topological polar surface area (TPSA) is 71.1 Å². The van der Waals surface area contributed by atoms with Crippen molar-refractivity contribution >= 4 is 45.0 Å². The first kappa shape index (κ1) is 19.1. The van der Waals surface area contributed by atoms with Crippen molar-refractivity contribution in [2.45, 2.75) is 6.54 Å². The summed E-state index contributed by atoms with van der Waals surface area (Å²) < 4.78 is 0.776. The second-order valence-electron chi connectivity index (χ2n) is 5.70. The molecule has 3 rings (SSSR count). The Morgan fingerprint density at radius 1 is 1.00 bits per heavy atom. The van der Waals surface area contributed by atoms with E-state index in [2.05, 4.69) is 31.5 Å². The highest BCUT2D eigenvalue weighted by atomic mass is 79.9. The summed E-state index contributed by atoms with van der Waals surface area (Å²) in [6.07, 6.45) is 3.13. The molecule has 0 spiro atoms. The number of aromatic nitrogens is 1. The van der Waals surface area contributed by atoms with Crippen molar-refractivity contribution < 1.29 is 9.59 Å². The van der Waals surface area contributed by atoms with Gasteiger partial charge in [-0.25, -0.2) is 0 Å². The molecule has 5 nitrogen and oxygen atoms in total. The number of nitrogens with zero attached hydrogens (tertiary/aromatic N) is 1. The molecule has 2 amide bonds. The molecule has 0 bridgehead atoms. The van der Waals surface area contributed by atoms with Crippen molar-refractivity contribution in [1.29, 1.82) is 0 Å². The number of nitrogens with one attached hydrogen (secondary N) is 2. The van der Waals surface area contributed by atoms with Gasteiger partial charge in [0.15, 0.2) is 0 Å². The Morgan fingerprint density at radius 2 is 1.78 bits per heavy atom. The lowest BCUT2D eigenvalue weighted by atomic mass is 10.1. The van der Waals surface area contributed by atoms with E-state index in [1.165, 1.54) is 0 Å². The van der Waals surface area contributed by atoms with Gasteiger partial charge in [-0.3, -0.25) is 14.6 Å². The van der Waals surface area contributed by atoms with E-state index in [1.54, 1.807) is 48.8 Å². The number of halogens is 2. The average molecular weight is 445 g/mol. The molecular weight excluding hydrogens is 430 g/mol. The van der Waals surface area contributed by atoms with Crippen LogP contribution in [0.4, 0.5) is 5.69 Å². The largest absolute Gasteiger partial charge is 0.348 e. The van der Waals surface area contributed by atoms with Crippen molar-refractivity contribution in [3.05, 3.63) is 93.2 Å². The Labute approximate surface area is 169 Å². The summed E-state index contributed by atoms with van der Waals surface area (Å²) in [5, 5.41) is 6.04. The van der Waals surface area contributed by atoms with Gasteiger partial charge in [0.25, 0.3) is 11.8 Å². The molecule has 2 aromatic carbocycles. The molecule has 0 atom stereocenters. The van der Waals surface area contributed by atoms with Crippen molar-refractivity contribution in [2.24, 2.45) is 0 Å². The predicted octanol–water partition coefficient (Wildman–Crippen LogP) is 4.68. The number of rotatable bonds is 5. The van der Waals surface area contributed by atoms with E-state index in [0.717, 1.165) is 10.0 Å². The lowest BCUT2D eigenvalue weighted by Gasteiger charge is -2.10. The van der Waals surface area contributed by atoms with E-state index in [-0.39, 0.29) is 11.8 Å². The van der Waals surface area contributed by atoms with Crippen LogP contribution in [-0.4, -0.2) is 16.8 Å². The molecule has 0 fully saturated rings. The van der Waals surface area contributed by atoms with Crippen LogP contribution in [0.1, 0.15) is 26.3 Å². The van der Waals surface area contributed by atoms with Crippen LogP contribution in [-0.2, 0) is 6.54 Å². The fourth-order valence-corrected chi connectivity index (χ4v) is 2.98. The Hall–Kier alpha value is -2.70. The van der Waals surface area contributed by atoms with Crippen LogP contribution >= 0.6 is 27.5 Å². The van der Waals surface area contributed by atoms with E-state index >= 15 is 0 Å². The third-order valence-corrected chi connectivity index (χ3v) is 4.58. The molecule has 2 N–H and O–H groups in total. The first-order chi connectivity index (χ1) is 13.0. The maximum absolute atomic E-state index is 12.3.